The second-order valence-corrected chi connectivity index (χ2v) is 6.05. The van der Waals surface area contributed by atoms with Gasteiger partial charge in [-0.25, -0.2) is 4.98 Å². The number of benzene rings is 1. The first kappa shape index (κ1) is 12.1. The van der Waals surface area contributed by atoms with Gasteiger partial charge in [0.25, 0.3) is 0 Å². The molecule has 5 heteroatoms. The quantitative estimate of drug-likeness (QED) is 0.751. The van der Waals surface area contributed by atoms with Crippen molar-refractivity contribution < 1.29 is 4.74 Å². The molecule has 2 aromatic rings. The monoisotopic (exact) mass is 361 g/mol. The summed E-state index contributed by atoms with van der Waals surface area (Å²) in [6.07, 6.45) is 0. The van der Waals surface area contributed by atoms with Gasteiger partial charge in [-0.05, 0) is 40.2 Å². The number of hydrogen-bond donors (Lipinski definition) is 0. The van der Waals surface area contributed by atoms with Gasteiger partial charge in [0, 0.05) is 5.56 Å². The topological polar surface area (TPSA) is 22.1 Å². The van der Waals surface area contributed by atoms with E-state index in [4.69, 9.17) is 4.74 Å². The van der Waals surface area contributed by atoms with E-state index in [0.717, 1.165) is 31.1 Å². The van der Waals surface area contributed by atoms with E-state index in [2.05, 4.69) is 36.8 Å². The molecule has 0 aliphatic carbocycles. The summed E-state index contributed by atoms with van der Waals surface area (Å²) in [7, 11) is 1.66. The number of aromatic nitrogens is 1. The molecule has 0 unspecified atom stereocenters. The van der Waals surface area contributed by atoms with Crippen LogP contribution in [0.5, 0.6) is 5.75 Å². The first-order valence-corrected chi connectivity index (χ1v) is 7.33. The average Bonchev–Trinajstić information content (AvgIpc) is 2.71. The predicted molar refractivity (Wildman–Crippen MR) is 74.4 cm³/mol. The van der Waals surface area contributed by atoms with Crippen molar-refractivity contribution in [3.63, 3.8) is 0 Å². The van der Waals surface area contributed by atoms with Crippen LogP contribution in [0.15, 0.2) is 28.1 Å². The highest BCUT2D eigenvalue weighted by molar-refractivity contribution is 9.11. The summed E-state index contributed by atoms with van der Waals surface area (Å²) in [5.41, 5.74) is 2.08. The number of rotatable bonds is 3. The maximum atomic E-state index is 5.12. The van der Waals surface area contributed by atoms with Crippen LogP contribution in [0.2, 0.25) is 0 Å². The van der Waals surface area contributed by atoms with Crippen LogP contribution in [0.25, 0.3) is 11.3 Å². The van der Waals surface area contributed by atoms with Gasteiger partial charge in [-0.2, -0.15) is 0 Å². The van der Waals surface area contributed by atoms with Crippen molar-refractivity contribution in [2.75, 3.05) is 7.11 Å². The van der Waals surface area contributed by atoms with Crippen molar-refractivity contribution in [1.82, 2.24) is 4.98 Å². The van der Waals surface area contributed by atoms with E-state index >= 15 is 0 Å². The normalized spacial score (nSPS) is 10.4. The van der Waals surface area contributed by atoms with Crippen LogP contribution in [-0.2, 0) is 5.33 Å². The maximum Gasteiger partial charge on any atom is 0.118 e. The molecule has 0 radical (unpaired) electrons. The van der Waals surface area contributed by atoms with Gasteiger partial charge in [0.15, 0.2) is 0 Å². The molecule has 0 bridgehead atoms. The van der Waals surface area contributed by atoms with Gasteiger partial charge in [0.05, 0.1) is 21.9 Å². The van der Waals surface area contributed by atoms with Crippen molar-refractivity contribution in [2.24, 2.45) is 0 Å². The molecule has 0 spiro atoms. The lowest BCUT2D eigenvalue weighted by Crippen LogP contribution is -1.83. The van der Waals surface area contributed by atoms with Crippen LogP contribution in [-0.4, -0.2) is 12.1 Å². The Balaban J connectivity index is 2.38. The fraction of sp³-hybridized carbons (Fsp3) is 0.182. The molecule has 0 atom stereocenters. The molecule has 16 heavy (non-hydrogen) atoms. The van der Waals surface area contributed by atoms with E-state index in [1.165, 1.54) is 0 Å². The largest absolute Gasteiger partial charge is 0.497 e. The van der Waals surface area contributed by atoms with Gasteiger partial charge in [-0.1, -0.05) is 15.9 Å². The number of ether oxygens (including phenoxy) is 1. The summed E-state index contributed by atoms with van der Waals surface area (Å²) in [6.45, 7) is 0. The van der Waals surface area contributed by atoms with E-state index in [0.29, 0.717) is 0 Å². The lowest BCUT2D eigenvalue weighted by molar-refractivity contribution is 0.415. The van der Waals surface area contributed by atoms with Crippen LogP contribution in [0.1, 0.15) is 5.01 Å². The first-order valence-electron chi connectivity index (χ1n) is 4.60. The number of methoxy groups -OCH3 is 1. The Hall–Kier alpha value is -0.390. The predicted octanol–water partition coefficient (Wildman–Crippen LogP) is 4.48. The summed E-state index contributed by atoms with van der Waals surface area (Å²) >= 11 is 8.59. The highest BCUT2D eigenvalue weighted by Crippen LogP contribution is 2.34. The molecule has 0 fully saturated rings. The van der Waals surface area contributed by atoms with Crippen molar-refractivity contribution in [1.29, 1.82) is 0 Å². The lowest BCUT2D eigenvalue weighted by atomic mass is 10.2. The van der Waals surface area contributed by atoms with Crippen LogP contribution < -0.4 is 4.74 Å². The van der Waals surface area contributed by atoms with E-state index in [9.17, 15) is 0 Å². The smallest absolute Gasteiger partial charge is 0.118 e. The highest BCUT2D eigenvalue weighted by atomic mass is 79.9. The Morgan fingerprint density at radius 1 is 1.31 bits per heavy atom. The van der Waals surface area contributed by atoms with E-state index < -0.39 is 0 Å². The molecule has 0 amide bonds. The van der Waals surface area contributed by atoms with Gasteiger partial charge in [-0.3, -0.25) is 0 Å². The van der Waals surface area contributed by atoms with Gasteiger partial charge >= 0.3 is 0 Å². The number of nitrogens with zero attached hydrogens (tertiary/aromatic N) is 1. The molecule has 2 rings (SSSR count). The molecule has 1 heterocycles. The fourth-order valence-corrected chi connectivity index (χ4v) is 3.33. The number of alkyl halides is 1. The third-order valence-corrected chi connectivity index (χ3v) is 4.72. The van der Waals surface area contributed by atoms with Crippen molar-refractivity contribution in [3.8, 4) is 17.0 Å². The number of hydrogen-bond acceptors (Lipinski definition) is 3. The second-order valence-electron chi connectivity index (χ2n) is 3.09. The maximum absolute atomic E-state index is 5.12. The zero-order valence-electron chi connectivity index (χ0n) is 8.54. The molecule has 84 valence electrons. The zero-order valence-corrected chi connectivity index (χ0v) is 12.5. The van der Waals surface area contributed by atoms with Gasteiger partial charge < -0.3 is 4.74 Å². The lowest BCUT2D eigenvalue weighted by Gasteiger charge is -2.01. The van der Waals surface area contributed by atoms with E-state index in [1.54, 1.807) is 18.4 Å². The third kappa shape index (κ3) is 2.47. The fourth-order valence-electron chi connectivity index (χ4n) is 1.33. The Kier molecular flexibility index (Phi) is 4.00. The van der Waals surface area contributed by atoms with E-state index in [-0.39, 0.29) is 0 Å². The average molecular weight is 363 g/mol. The van der Waals surface area contributed by atoms with Crippen LogP contribution in [0.4, 0.5) is 0 Å². The van der Waals surface area contributed by atoms with Crippen LogP contribution in [0.3, 0.4) is 0 Å². The molecule has 1 aromatic carbocycles. The number of thiazole rings is 1. The van der Waals surface area contributed by atoms with Crippen molar-refractivity contribution in [2.45, 2.75) is 5.33 Å². The highest BCUT2D eigenvalue weighted by Gasteiger charge is 2.10. The molecule has 1 aromatic heterocycles. The Labute approximate surface area is 115 Å². The standard InChI is InChI=1S/C11H9Br2NOS/c1-15-8-4-2-7(3-5-8)10-11(13)16-9(6-12)14-10/h2-5H,6H2,1H3. The molecule has 0 saturated heterocycles. The minimum absolute atomic E-state index is 0.784. The Bertz CT molecular complexity index is 481. The van der Waals surface area contributed by atoms with E-state index in [1.807, 2.05) is 24.3 Å². The molecule has 0 saturated carbocycles. The molecule has 0 aliphatic rings. The summed E-state index contributed by atoms with van der Waals surface area (Å²) in [4.78, 5) is 4.54. The summed E-state index contributed by atoms with van der Waals surface area (Å²) in [5, 5.41) is 1.85. The molecular weight excluding hydrogens is 354 g/mol. The Morgan fingerprint density at radius 3 is 2.50 bits per heavy atom. The molecular formula is C11H9Br2NOS. The number of halogens is 2. The van der Waals surface area contributed by atoms with Crippen LogP contribution in [0, 0.1) is 0 Å². The minimum atomic E-state index is 0.784. The van der Waals surface area contributed by atoms with Gasteiger partial charge in [0.2, 0.25) is 0 Å². The molecule has 2 nitrogen and oxygen atoms in total. The van der Waals surface area contributed by atoms with Crippen molar-refractivity contribution >= 4 is 43.2 Å². The Morgan fingerprint density at radius 2 is 2.00 bits per heavy atom. The second kappa shape index (κ2) is 5.29. The molecule has 0 N–H and O–H groups in total. The SMILES string of the molecule is COc1ccc(-c2nc(CBr)sc2Br)cc1. The summed E-state index contributed by atoms with van der Waals surface area (Å²) in [5.74, 6) is 0.857. The molecule has 0 aliphatic heterocycles. The summed E-state index contributed by atoms with van der Waals surface area (Å²) < 4.78 is 6.19. The first-order chi connectivity index (χ1) is 7.74. The minimum Gasteiger partial charge on any atom is -0.497 e. The summed E-state index contributed by atoms with van der Waals surface area (Å²) in [6, 6.07) is 7.90. The van der Waals surface area contributed by atoms with Gasteiger partial charge in [-0.15, -0.1) is 11.3 Å². The zero-order chi connectivity index (χ0) is 11.5. The van der Waals surface area contributed by atoms with Crippen molar-refractivity contribution in [3.05, 3.63) is 33.1 Å². The third-order valence-electron chi connectivity index (χ3n) is 2.11. The van der Waals surface area contributed by atoms with Gasteiger partial charge in [0.1, 0.15) is 10.8 Å². The van der Waals surface area contributed by atoms with Crippen LogP contribution >= 0.6 is 43.2 Å².